The molecule has 1 N–H and O–H groups in total. The fourth-order valence-corrected chi connectivity index (χ4v) is 2.79. The number of nitrogens with one attached hydrogen (secondary N) is 1. The van der Waals surface area contributed by atoms with E-state index in [1.807, 2.05) is 48.5 Å². The maximum Gasteiger partial charge on any atom is 0.138 e. The Kier molecular flexibility index (Phi) is 4.05. The molecule has 0 unspecified atom stereocenters. The van der Waals surface area contributed by atoms with E-state index in [0.29, 0.717) is 0 Å². The van der Waals surface area contributed by atoms with Crippen molar-refractivity contribution < 1.29 is 4.74 Å². The van der Waals surface area contributed by atoms with Gasteiger partial charge in [0.15, 0.2) is 0 Å². The number of methoxy groups -OCH3 is 1. The molecule has 0 spiro atoms. The van der Waals surface area contributed by atoms with Gasteiger partial charge < -0.3 is 9.72 Å². The highest BCUT2D eigenvalue weighted by atomic mass is 16.5. The van der Waals surface area contributed by atoms with Crippen molar-refractivity contribution in [1.29, 1.82) is 0 Å². The normalized spacial score (nSPS) is 11.2. The summed E-state index contributed by atoms with van der Waals surface area (Å²) in [5.74, 6) is 1.75. The average molecular weight is 326 g/mol. The summed E-state index contributed by atoms with van der Waals surface area (Å²) in [6.07, 6.45) is 4.20. The first-order valence-corrected chi connectivity index (χ1v) is 8.19. The lowest BCUT2D eigenvalue weighted by Crippen LogP contribution is -1.82. The van der Waals surface area contributed by atoms with E-state index in [0.717, 1.165) is 39.3 Å². The van der Waals surface area contributed by atoms with E-state index in [2.05, 4.69) is 46.4 Å². The maximum absolute atomic E-state index is 5.19. The van der Waals surface area contributed by atoms with Crippen LogP contribution >= 0.6 is 0 Å². The quantitative estimate of drug-likeness (QED) is 0.509. The number of aromatic amines is 1. The first-order valence-electron chi connectivity index (χ1n) is 8.19. The Morgan fingerprint density at radius 3 is 2.44 bits per heavy atom. The molecular formula is C22H18N2O. The predicted molar refractivity (Wildman–Crippen MR) is 103 cm³/mol. The van der Waals surface area contributed by atoms with Crippen LogP contribution in [0.2, 0.25) is 0 Å². The van der Waals surface area contributed by atoms with Gasteiger partial charge in [-0.15, -0.1) is 0 Å². The van der Waals surface area contributed by atoms with Gasteiger partial charge in [-0.25, -0.2) is 4.98 Å². The third-order valence-electron chi connectivity index (χ3n) is 4.13. The topological polar surface area (TPSA) is 37.9 Å². The van der Waals surface area contributed by atoms with Gasteiger partial charge in [0.1, 0.15) is 11.6 Å². The molecule has 3 nitrogen and oxygen atoms in total. The molecule has 0 bridgehead atoms. The van der Waals surface area contributed by atoms with Gasteiger partial charge in [-0.05, 0) is 41.5 Å². The van der Waals surface area contributed by atoms with Crippen molar-refractivity contribution in [3.63, 3.8) is 0 Å². The zero-order valence-corrected chi connectivity index (χ0v) is 13.9. The zero-order valence-electron chi connectivity index (χ0n) is 13.9. The van der Waals surface area contributed by atoms with E-state index in [-0.39, 0.29) is 0 Å². The smallest absolute Gasteiger partial charge is 0.138 e. The monoisotopic (exact) mass is 326 g/mol. The first-order chi connectivity index (χ1) is 12.3. The summed E-state index contributed by atoms with van der Waals surface area (Å²) in [7, 11) is 1.68. The van der Waals surface area contributed by atoms with E-state index >= 15 is 0 Å². The number of fused-ring (bicyclic) bond motifs is 1. The Labute approximate surface area is 146 Å². The lowest BCUT2D eigenvalue weighted by Gasteiger charge is -2.01. The third kappa shape index (κ3) is 3.31. The molecule has 0 saturated heterocycles. The van der Waals surface area contributed by atoms with Gasteiger partial charge in [0.25, 0.3) is 0 Å². The highest BCUT2D eigenvalue weighted by molar-refractivity contribution is 5.80. The molecule has 4 aromatic rings. The highest BCUT2D eigenvalue weighted by Crippen LogP contribution is 2.22. The van der Waals surface area contributed by atoms with Crippen LogP contribution in [0.15, 0.2) is 72.8 Å². The van der Waals surface area contributed by atoms with Gasteiger partial charge in [-0.2, -0.15) is 0 Å². The fourth-order valence-electron chi connectivity index (χ4n) is 2.79. The molecule has 3 aromatic carbocycles. The van der Waals surface area contributed by atoms with Gasteiger partial charge >= 0.3 is 0 Å². The standard InChI is InChI=1S/C22H18N2O/c1-25-19-13-11-16(12-14-19)9-10-17-5-4-6-18(15-17)22-23-20-7-2-3-8-21(20)24-22/h2-15H,1H3,(H,23,24). The van der Waals surface area contributed by atoms with Crippen molar-refractivity contribution in [1.82, 2.24) is 9.97 Å². The van der Waals surface area contributed by atoms with Crippen LogP contribution in [-0.4, -0.2) is 17.1 Å². The van der Waals surface area contributed by atoms with Crippen molar-refractivity contribution in [2.75, 3.05) is 7.11 Å². The van der Waals surface area contributed by atoms with Crippen LogP contribution in [-0.2, 0) is 0 Å². The molecule has 25 heavy (non-hydrogen) atoms. The number of imidazole rings is 1. The largest absolute Gasteiger partial charge is 0.497 e. The Balaban J connectivity index is 1.61. The van der Waals surface area contributed by atoms with Crippen LogP contribution in [0.25, 0.3) is 34.6 Å². The Bertz CT molecular complexity index is 996. The van der Waals surface area contributed by atoms with Crippen molar-refractivity contribution >= 4 is 23.2 Å². The van der Waals surface area contributed by atoms with Crippen molar-refractivity contribution in [2.24, 2.45) is 0 Å². The van der Waals surface area contributed by atoms with Gasteiger partial charge in [-0.1, -0.05) is 54.6 Å². The average Bonchev–Trinajstić information content (AvgIpc) is 3.11. The van der Waals surface area contributed by atoms with E-state index < -0.39 is 0 Å². The minimum absolute atomic E-state index is 0.865. The molecule has 0 radical (unpaired) electrons. The van der Waals surface area contributed by atoms with Crippen LogP contribution in [0.1, 0.15) is 11.1 Å². The highest BCUT2D eigenvalue weighted by Gasteiger charge is 2.04. The zero-order chi connectivity index (χ0) is 17.1. The second kappa shape index (κ2) is 6.65. The number of nitrogens with zero attached hydrogens (tertiary/aromatic N) is 1. The number of aromatic nitrogens is 2. The number of hydrogen-bond donors (Lipinski definition) is 1. The molecule has 1 heterocycles. The summed E-state index contributed by atoms with van der Waals surface area (Å²) >= 11 is 0. The van der Waals surface area contributed by atoms with E-state index in [1.54, 1.807) is 7.11 Å². The number of H-pyrrole nitrogens is 1. The summed E-state index contributed by atoms with van der Waals surface area (Å²) < 4.78 is 5.19. The minimum atomic E-state index is 0.865. The van der Waals surface area contributed by atoms with Crippen molar-refractivity contribution in [2.45, 2.75) is 0 Å². The molecule has 0 atom stereocenters. The summed E-state index contributed by atoms with van der Waals surface area (Å²) in [5, 5.41) is 0. The molecule has 0 saturated carbocycles. The van der Waals surface area contributed by atoms with Gasteiger partial charge in [-0.3, -0.25) is 0 Å². The molecule has 3 heteroatoms. The number of benzene rings is 3. The number of ether oxygens (including phenoxy) is 1. The van der Waals surface area contributed by atoms with Crippen molar-refractivity contribution in [3.8, 4) is 17.1 Å². The first kappa shape index (κ1) is 15.2. The van der Waals surface area contributed by atoms with Crippen LogP contribution in [0, 0.1) is 0 Å². The molecule has 1 aromatic heterocycles. The maximum atomic E-state index is 5.19. The van der Waals surface area contributed by atoms with Gasteiger partial charge in [0.05, 0.1) is 18.1 Å². The lowest BCUT2D eigenvalue weighted by molar-refractivity contribution is 0.415. The summed E-state index contributed by atoms with van der Waals surface area (Å²) in [4.78, 5) is 8.04. The summed E-state index contributed by atoms with van der Waals surface area (Å²) in [6.45, 7) is 0. The molecular weight excluding hydrogens is 308 g/mol. The number of rotatable bonds is 4. The minimum Gasteiger partial charge on any atom is -0.497 e. The molecule has 122 valence electrons. The third-order valence-corrected chi connectivity index (χ3v) is 4.13. The SMILES string of the molecule is COc1ccc(C=Cc2cccc(-c3nc4ccccc4[nH]3)c2)cc1. The van der Waals surface area contributed by atoms with E-state index in [9.17, 15) is 0 Å². The Morgan fingerprint density at radius 1 is 0.840 bits per heavy atom. The van der Waals surface area contributed by atoms with Crippen LogP contribution in [0.5, 0.6) is 5.75 Å². The van der Waals surface area contributed by atoms with Crippen molar-refractivity contribution in [3.05, 3.63) is 83.9 Å². The summed E-state index contributed by atoms with van der Waals surface area (Å²) in [5.41, 5.74) is 5.38. The molecule has 0 amide bonds. The Hall–Kier alpha value is -3.33. The number of para-hydroxylation sites is 2. The van der Waals surface area contributed by atoms with Gasteiger partial charge in [0.2, 0.25) is 0 Å². The fraction of sp³-hybridized carbons (Fsp3) is 0.0455. The van der Waals surface area contributed by atoms with E-state index in [4.69, 9.17) is 4.74 Å². The molecule has 0 fully saturated rings. The molecule has 0 aliphatic carbocycles. The van der Waals surface area contributed by atoms with Gasteiger partial charge in [0, 0.05) is 5.56 Å². The van der Waals surface area contributed by atoms with Crippen LogP contribution in [0.3, 0.4) is 0 Å². The lowest BCUT2D eigenvalue weighted by atomic mass is 10.1. The molecule has 0 aliphatic heterocycles. The predicted octanol–water partition coefficient (Wildman–Crippen LogP) is 5.41. The number of hydrogen-bond acceptors (Lipinski definition) is 2. The second-order valence-corrected chi connectivity index (χ2v) is 5.83. The molecule has 4 rings (SSSR count). The second-order valence-electron chi connectivity index (χ2n) is 5.83. The Morgan fingerprint density at radius 2 is 1.64 bits per heavy atom. The summed E-state index contributed by atoms with van der Waals surface area (Å²) in [6, 6.07) is 24.4. The van der Waals surface area contributed by atoms with Crippen LogP contribution in [0.4, 0.5) is 0 Å². The van der Waals surface area contributed by atoms with E-state index in [1.165, 1.54) is 0 Å². The van der Waals surface area contributed by atoms with Crippen LogP contribution < -0.4 is 4.74 Å². The molecule has 0 aliphatic rings.